The van der Waals surface area contributed by atoms with Crippen molar-refractivity contribution >= 4 is 21.7 Å². The number of aromatic nitrogens is 2. The van der Waals surface area contributed by atoms with Crippen LogP contribution in [0.4, 0.5) is 5.69 Å². The summed E-state index contributed by atoms with van der Waals surface area (Å²) in [4.78, 5) is 11.4. The number of carboxylic acid groups (broad SMARTS) is 1. The maximum atomic E-state index is 12.6. The molecule has 0 aliphatic heterocycles. The summed E-state index contributed by atoms with van der Waals surface area (Å²) in [5.74, 6) is -1.23. The van der Waals surface area contributed by atoms with E-state index in [2.05, 4.69) is 9.82 Å². The predicted octanol–water partition coefficient (Wildman–Crippen LogP) is 2.01. The number of hydrogen-bond acceptors (Lipinski definition) is 5. The van der Waals surface area contributed by atoms with Crippen LogP contribution in [-0.2, 0) is 17.1 Å². The van der Waals surface area contributed by atoms with Crippen LogP contribution in [0.15, 0.2) is 29.4 Å². The predicted molar refractivity (Wildman–Crippen MR) is 87.9 cm³/mol. The summed E-state index contributed by atoms with van der Waals surface area (Å²) in [7, 11) is -2.44. The number of benzene rings is 1. The molecule has 9 heteroatoms. The van der Waals surface area contributed by atoms with Gasteiger partial charge in [-0.2, -0.15) is 13.5 Å². The van der Waals surface area contributed by atoms with Crippen LogP contribution in [0.3, 0.4) is 0 Å². The standard InChI is InChI=1S/C15H19N3O5S/c1-9(2)23-13-11(15(19)20)6-5-7-12(13)17-24(21,22)14-10(3)8-16-18(14)4/h5-9,17H,1-4H3,(H,19,20). The molecule has 1 aromatic heterocycles. The molecule has 2 aromatic rings. The van der Waals surface area contributed by atoms with Crippen molar-refractivity contribution in [1.82, 2.24) is 9.78 Å². The summed E-state index contributed by atoms with van der Waals surface area (Å²) < 4.78 is 34.5. The van der Waals surface area contributed by atoms with E-state index in [0.717, 1.165) is 0 Å². The third-order valence-corrected chi connectivity index (χ3v) is 4.74. The van der Waals surface area contributed by atoms with Crippen LogP contribution in [0.2, 0.25) is 0 Å². The van der Waals surface area contributed by atoms with Gasteiger partial charge in [0.1, 0.15) is 5.56 Å². The number of hydrogen-bond donors (Lipinski definition) is 2. The van der Waals surface area contributed by atoms with Gasteiger partial charge in [-0.05, 0) is 32.9 Å². The van der Waals surface area contributed by atoms with Gasteiger partial charge in [0.25, 0.3) is 10.0 Å². The Morgan fingerprint density at radius 3 is 2.54 bits per heavy atom. The van der Waals surface area contributed by atoms with E-state index in [1.54, 1.807) is 20.8 Å². The van der Waals surface area contributed by atoms with Crippen LogP contribution in [0.1, 0.15) is 29.8 Å². The van der Waals surface area contributed by atoms with Gasteiger partial charge in [-0.1, -0.05) is 6.07 Å². The van der Waals surface area contributed by atoms with Gasteiger partial charge in [0, 0.05) is 12.6 Å². The number of carbonyl (C=O) groups is 1. The topological polar surface area (TPSA) is 111 Å². The van der Waals surface area contributed by atoms with Gasteiger partial charge in [-0.25, -0.2) is 4.79 Å². The zero-order chi connectivity index (χ0) is 18.1. The highest BCUT2D eigenvalue weighted by atomic mass is 32.2. The van der Waals surface area contributed by atoms with E-state index in [1.165, 1.54) is 36.1 Å². The maximum Gasteiger partial charge on any atom is 0.339 e. The second-order valence-corrected chi connectivity index (χ2v) is 7.11. The molecule has 24 heavy (non-hydrogen) atoms. The molecule has 1 heterocycles. The fourth-order valence-corrected chi connectivity index (χ4v) is 3.68. The smallest absolute Gasteiger partial charge is 0.339 e. The van der Waals surface area contributed by atoms with Crippen molar-refractivity contribution in [2.24, 2.45) is 7.05 Å². The lowest BCUT2D eigenvalue weighted by molar-refractivity contribution is 0.0690. The maximum absolute atomic E-state index is 12.6. The Bertz CT molecular complexity index is 852. The summed E-state index contributed by atoms with van der Waals surface area (Å²) in [6.45, 7) is 5.07. The van der Waals surface area contributed by atoms with E-state index in [9.17, 15) is 18.3 Å². The number of sulfonamides is 1. The number of aromatic carboxylic acids is 1. The third kappa shape index (κ3) is 3.51. The molecule has 0 saturated heterocycles. The Balaban J connectivity index is 2.53. The highest BCUT2D eigenvalue weighted by molar-refractivity contribution is 7.92. The molecule has 0 amide bonds. The Hall–Kier alpha value is -2.55. The SMILES string of the molecule is Cc1cnn(C)c1S(=O)(=O)Nc1cccc(C(=O)O)c1OC(C)C. The summed E-state index contributed by atoms with van der Waals surface area (Å²) in [6.07, 6.45) is 1.11. The van der Waals surface area contributed by atoms with Gasteiger partial charge in [0.05, 0.1) is 18.0 Å². The van der Waals surface area contributed by atoms with E-state index in [4.69, 9.17) is 4.74 Å². The normalized spacial score (nSPS) is 11.5. The highest BCUT2D eigenvalue weighted by Crippen LogP contribution is 2.32. The van der Waals surface area contributed by atoms with Crippen molar-refractivity contribution in [2.45, 2.75) is 31.9 Å². The average Bonchev–Trinajstić information content (AvgIpc) is 2.79. The van der Waals surface area contributed by atoms with Crippen LogP contribution < -0.4 is 9.46 Å². The zero-order valence-electron chi connectivity index (χ0n) is 13.8. The lowest BCUT2D eigenvalue weighted by Crippen LogP contribution is -2.20. The van der Waals surface area contributed by atoms with E-state index < -0.39 is 16.0 Å². The molecule has 8 nitrogen and oxygen atoms in total. The van der Waals surface area contributed by atoms with Gasteiger partial charge in [0.2, 0.25) is 0 Å². The Labute approximate surface area is 140 Å². The summed E-state index contributed by atoms with van der Waals surface area (Å²) in [5, 5.41) is 13.2. The first-order valence-corrected chi connectivity index (χ1v) is 8.66. The van der Waals surface area contributed by atoms with Crippen LogP contribution in [0, 0.1) is 6.92 Å². The van der Waals surface area contributed by atoms with Gasteiger partial charge >= 0.3 is 5.97 Å². The minimum Gasteiger partial charge on any atom is -0.488 e. The monoisotopic (exact) mass is 353 g/mol. The lowest BCUT2D eigenvalue weighted by atomic mass is 10.1. The Kier molecular flexibility index (Phi) is 4.83. The highest BCUT2D eigenvalue weighted by Gasteiger charge is 2.25. The minimum atomic E-state index is -3.95. The number of nitrogens with one attached hydrogen (secondary N) is 1. The first-order chi connectivity index (χ1) is 11.1. The van der Waals surface area contributed by atoms with Gasteiger partial charge < -0.3 is 9.84 Å². The molecule has 0 radical (unpaired) electrons. The molecule has 2 N–H and O–H groups in total. The number of para-hydroxylation sites is 1. The van der Waals surface area contributed by atoms with Crippen LogP contribution >= 0.6 is 0 Å². The van der Waals surface area contributed by atoms with Crippen LogP contribution in [0.5, 0.6) is 5.75 Å². The summed E-state index contributed by atoms with van der Waals surface area (Å²) >= 11 is 0. The average molecular weight is 353 g/mol. The molecule has 0 unspecified atom stereocenters. The molecular formula is C15H19N3O5S. The molecule has 0 aliphatic rings. The van der Waals surface area contributed by atoms with Crippen molar-refractivity contribution in [2.75, 3.05) is 4.72 Å². The summed E-state index contributed by atoms with van der Waals surface area (Å²) in [5.41, 5.74) is 0.417. The second-order valence-electron chi connectivity index (χ2n) is 5.52. The number of nitrogens with zero attached hydrogens (tertiary/aromatic N) is 2. The molecule has 0 bridgehead atoms. The summed E-state index contributed by atoms with van der Waals surface area (Å²) in [6, 6.07) is 4.26. The third-order valence-electron chi connectivity index (χ3n) is 3.15. The molecule has 0 aliphatic carbocycles. The molecule has 0 atom stereocenters. The largest absolute Gasteiger partial charge is 0.488 e. The molecule has 130 valence electrons. The molecular weight excluding hydrogens is 334 g/mol. The number of ether oxygens (including phenoxy) is 1. The van der Waals surface area contributed by atoms with E-state index in [-0.39, 0.29) is 28.1 Å². The van der Waals surface area contributed by atoms with Crippen molar-refractivity contribution < 1.29 is 23.1 Å². The number of anilines is 1. The molecule has 0 saturated carbocycles. The van der Waals surface area contributed by atoms with Gasteiger partial charge in [-0.15, -0.1) is 0 Å². The van der Waals surface area contributed by atoms with Crippen molar-refractivity contribution in [3.63, 3.8) is 0 Å². The first-order valence-electron chi connectivity index (χ1n) is 7.18. The number of rotatable bonds is 6. The Morgan fingerprint density at radius 1 is 1.38 bits per heavy atom. The second kappa shape index (κ2) is 6.52. The van der Waals surface area contributed by atoms with E-state index >= 15 is 0 Å². The Morgan fingerprint density at radius 2 is 2.04 bits per heavy atom. The van der Waals surface area contributed by atoms with Crippen molar-refractivity contribution in [3.8, 4) is 5.75 Å². The molecule has 2 rings (SSSR count). The molecule has 0 spiro atoms. The quantitative estimate of drug-likeness (QED) is 0.822. The minimum absolute atomic E-state index is 0.00118. The van der Waals surface area contributed by atoms with E-state index in [1.807, 2.05) is 0 Å². The van der Waals surface area contributed by atoms with Crippen molar-refractivity contribution in [1.29, 1.82) is 0 Å². The zero-order valence-corrected chi connectivity index (χ0v) is 14.6. The lowest BCUT2D eigenvalue weighted by Gasteiger charge is -2.18. The van der Waals surface area contributed by atoms with Gasteiger partial charge in [-0.3, -0.25) is 9.40 Å². The first kappa shape index (κ1) is 17.8. The van der Waals surface area contributed by atoms with Crippen LogP contribution in [-0.4, -0.2) is 35.4 Å². The van der Waals surface area contributed by atoms with E-state index in [0.29, 0.717) is 5.56 Å². The van der Waals surface area contributed by atoms with Crippen molar-refractivity contribution in [3.05, 3.63) is 35.5 Å². The molecule has 1 aromatic carbocycles. The van der Waals surface area contributed by atoms with Gasteiger partial charge in [0.15, 0.2) is 10.8 Å². The van der Waals surface area contributed by atoms with Crippen LogP contribution in [0.25, 0.3) is 0 Å². The fourth-order valence-electron chi connectivity index (χ4n) is 2.26. The number of carboxylic acids is 1. The molecule has 0 fully saturated rings. The number of aryl methyl sites for hydroxylation is 2. The fraction of sp³-hybridized carbons (Fsp3) is 0.333.